The molecule has 140 valence electrons. The zero-order valence-electron chi connectivity index (χ0n) is 15.2. The van der Waals surface area contributed by atoms with E-state index in [1.54, 1.807) is 18.2 Å². The molecule has 4 aromatic rings. The summed E-state index contributed by atoms with van der Waals surface area (Å²) in [6, 6.07) is 19.8. The number of hydrogen-bond donors (Lipinski definition) is 2. The van der Waals surface area contributed by atoms with Crippen molar-refractivity contribution in [3.05, 3.63) is 83.9 Å². The normalized spacial score (nSPS) is 10.6. The molecule has 2 heterocycles. The van der Waals surface area contributed by atoms with Gasteiger partial charge in [0, 0.05) is 24.2 Å². The van der Waals surface area contributed by atoms with E-state index < -0.39 is 0 Å². The third-order valence-corrected chi connectivity index (χ3v) is 4.04. The minimum atomic E-state index is -0.263. The molecule has 2 aromatic heterocycles. The summed E-state index contributed by atoms with van der Waals surface area (Å²) in [5.74, 6) is 2.05. The smallest absolute Gasteiger partial charge is 0.225 e. The van der Waals surface area contributed by atoms with Crippen LogP contribution < -0.4 is 10.6 Å². The molecule has 6 nitrogen and oxygen atoms in total. The summed E-state index contributed by atoms with van der Waals surface area (Å²) in [4.78, 5) is 9.11. The highest BCUT2D eigenvalue weighted by Gasteiger charge is 2.09. The highest BCUT2D eigenvalue weighted by Crippen LogP contribution is 2.23. The van der Waals surface area contributed by atoms with Crippen molar-refractivity contribution in [2.24, 2.45) is 0 Å². The topological polar surface area (TPSA) is 75.9 Å². The van der Waals surface area contributed by atoms with Crippen molar-refractivity contribution in [3.63, 3.8) is 0 Å². The molecule has 7 heteroatoms. The Hall–Kier alpha value is -3.74. The molecule has 0 radical (unpaired) electrons. The van der Waals surface area contributed by atoms with Crippen molar-refractivity contribution in [3.8, 4) is 11.3 Å². The van der Waals surface area contributed by atoms with E-state index in [4.69, 9.17) is 4.52 Å². The Bertz CT molecular complexity index is 1060. The van der Waals surface area contributed by atoms with Crippen LogP contribution in [0, 0.1) is 12.7 Å². The first kappa shape index (κ1) is 17.7. The number of aromatic nitrogens is 3. The minimum absolute atomic E-state index is 0.263. The maximum Gasteiger partial charge on any atom is 0.225 e. The number of aryl methyl sites for hydroxylation is 1. The van der Waals surface area contributed by atoms with Gasteiger partial charge in [-0.1, -0.05) is 47.6 Å². The second-order valence-corrected chi connectivity index (χ2v) is 6.26. The first-order chi connectivity index (χ1) is 13.7. The summed E-state index contributed by atoms with van der Waals surface area (Å²) in [5, 5.41) is 10.3. The summed E-state index contributed by atoms with van der Waals surface area (Å²) < 4.78 is 18.2. The lowest BCUT2D eigenvalue weighted by Gasteiger charge is -2.10. The number of halogens is 1. The van der Waals surface area contributed by atoms with Crippen LogP contribution in [0.25, 0.3) is 11.3 Å². The zero-order chi connectivity index (χ0) is 19.3. The Morgan fingerprint density at radius 3 is 2.43 bits per heavy atom. The Kier molecular flexibility index (Phi) is 4.97. The van der Waals surface area contributed by atoms with Gasteiger partial charge in [-0.05, 0) is 24.6 Å². The molecule has 0 aliphatic carbocycles. The lowest BCUT2D eigenvalue weighted by atomic mass is 10.1. The van der Waals surface area contributed by atoms with E-state index in [-0.39, 0.29) is 5.82 Å². The predicted octanol–water partition coefficient (Wildman–Crippen LogP) is 4.93. The summed E-state index contributed by atoms with van der Waals surface area (Å²) in [5.41, 5.74) is 2.66. The van der Waals surface area contributed by atoms with Gasteiger partial charge in [0.2, 0.25) is 5.95 Å². The zero-order valence-corrected chi connectivity index (χ0v) is 15.2. The molecule has 0 unspecified atom stereocenters. The molecule has 28 heavy (non-hydrogen) atoms. The number of benzene rings is 2. The molecule has 0 saturated carbocycles. The molecule has 0 saturated heterocycles. The van der Waals surface area contributed by atoms with Gasteiger partial charge in [-0.2, -0.15) is 4.98 Å². The van der Waals surface area contributed by atoms with Crippen LogP contribution in [-0.4, -0.2) is 15.1 Å². The first-order valence-electron chi connectivity index (χ1n) is 8.79. The Morgan fingerprint density at radius 2 is 1.71 bits per heavy atom. The fraction of sp³-hybridized carbons (Fsp3) is 0.0952. The fourth-order valence-corrected chi connectivity index (χ4v) is 2.69. The van der Waals surface area contributed by atoms with E-state index >= 15 is 0 Å². The van der Waals surface area contributed by atoms with Crippen molar-refractivity contribution >= 4 is 17.6 Å². The highest BCUT2D eigenvalue weighted by molar-refractivity contribution is 5.66. The quantitative estimate of drug-likeness (QED) is 0.497. The van der Waals surface area contributed by atoms with Crippen molar-refractivity contribution in [1.82, 2.24) is 15.1 Å². The molecule has 0 bridgehead atoms. The largest absolute Gasteiger partial charge is 0.360 e. The van der Waals surface area contributed by atoms with E-state index in [0.29, 0.717) is 29.9 Å². The fourth-order valence-electron chi connectivity index (χ4n) is 2.69. The van der Waals surface area contributed by atoms with Gasteiger partial charge in [-0.15, -0.1) is 0 Å². The first-order valence-corrected chi connectivity index (χ1v) is 8.79. The second kappa shape index (κ2) is 7.87. The van der Waals surface area contributed by atoms with Crippen LogP contribution in [0.5, 0.6) is 0 Å². The molecule has 4 rings (SSSR count). The van der Waals surface area contributed by atoms with Crippen LogP contribution in [0.1, 0.15) is 11.3 Å². The van der Waals surface area contributed by atoms with Crippen LogP contribution >= 0.6 is 0 Å². The van der Waals surface area contributed by atoms with Gasteiger partial charge in [-0.3, -0.25) is 0 Å². The van der Waals surface area contributed by atoms with E-state index in [9.17, 15) is 4.39 Å². The van der Waals surface area contributed by atoms with E-state index in [1.165, 1.54) is 12.1 Å². The molecule has 2 aromatic carbocycles. The number of nitrogens with zero attached hydrogens (tertiary/aromatic N) is 3. The molecule has 2 N–H and O–H groups in total. The molecule has 0 fully saturated rings. The minimum Gasteiger partial charge on any atom is -0.360 e. The lowest BCUT2D eigenvalue weighted by Crippen LogP contribution is -2.06. The van der Waals surface area contributed by atoms with E-state index in [0.717, 1.165) is 16.8 Å². The van der Waals surface area contributed by atoms with Crippen LogP contribution in [-0.2, 0) is 6.54 Å². The monoisotopic (exact) mass is 375 g/mol. The molecule has 0 aliphatic heterocycles. The average Bonchev–Trinajstić information content (AvgIpc) is 3.12. The molecular formula is C21H18FN5O. The number of anilines is 3. The lowest BCUT2D eigenvalue weighted by molar-refractivity contribution is 0.400. The van der Waals surface area contributed by atoms with Gasteiger partial charge >= 0.3 is 0 Å². The van der Waals surface area contributed by atoms with Crippen LogP contribution in [0.3, 0.4) is 0 Å². The Labute approximate surface area is 161 Å². The predicted molar refractivity (Wildman–Crippen MR) is 106 cm³/mol. The van der Waals surface area contributed by atoms with Gasteiger partial charge in [-0.25, -0.2) is 9.37 Å². The van der Waals surface area contributed by atoms with Crippen molar-refractivity contribution in [2.75, 3.05) is 10.6 Å². The summed E-state index contributed by atoms with van der Waals surface area (Å²) >= 11 is 0. The van der Waals surface area contributed by atoms with Crippen LogP contribution in [0.2, 0.25) is 0 Å². The average molecular weight is 375 g/mol. The Morgan fingerprint density at radius 1 is 0.929 bits per heavy atom. The van der Waals surface area contributed by atoms with Crippen molar-refractivity contribution < 1.29 is 8.91 Å². The second-order valence-electron chi connectivity index (χ2n) is 6.26. The molecule has 0 aliphatic rings. The third kappa shape index (κ3) is 4.32. The SMILES string of the molecule is Cc1cc(Nc2cc(-c3ccccc3)nc(NCc3ccc(F)cc3)n2)no1. The van der Waals surface area contributed by atoms with Crippen molar-refractivity contribution in [2.45, 2.75) is 13.5 Å². The molecular weight excluding hydrogens is 357 g/mol. The van der Waals surface area contributed by atoms with Crippen LogP contribution in [0.4, 0.5) is 22.0 Å². The van der Waals surface area contributed by atoms with Gasteiger partial charge in [0.05, 0.1) is 5.69 Å². The summed E-state index contributed by atoms with van der Waals surface area (Å²) in [6.07, 6.45) is 0. The van der Waals surface area contributed by atoms with Gasteiger partial charge in [0.15, 0.2) is 5.82 Å². The highest BCUT2D eigenvalue weighted by atomic mass is 19.1. The summed E-state index contributed by atoms with van der Waals surface area (Å²) in [6.45, 7) is 2.30. The number of nitrogens with one attached hydrogen (secondary N) is 2. The Balaban J connectivity index is 1.62. The summed E-state index contributed by atoms with van der Waals surface area (Å²) in [7, 11) is 0. The van der Waals surface area contributed by atoms with Crippen molar-refractivity contribution in [1.29, 1.82) is 0 Å². The molecule has 0 atom stereocenters. The molecule has 0 amide bonds. The van der Waals surface area contributed by atoms with Crippen LogP contribution in [0.15, 0.2) is 71.3 Å². The van der Waals surface area contributed by atoms with E-state index in [2.05, 4.69) is 25.8 Å². The maximum atomic E-state index is 13.1. The van der Waals surface area contributed by atoms with Gasteiger partial charge < -0.3 is 15.2 Å². The number of rotatable bonds is 6. The van der Waals surface area contributed by atoms with Gasteiger partial charge in [0.25, 0.3) is 0 Å². The number of hydrogen-bond acceptors (Lipinski definition) is 6. The maximum absolute atomic E-state index is 13.1. The molecule has 0 spiro atoms. The standard InChI is InChI=1S/C21H18FN5O/c1-14-11-20(27-28-14)25-19-12-18(16-5-3-2-4-6-16)24-21(26-19)23-13-15-7-9-17(22)10-8-15/h2-12H,13H2,1H3,(H2,23,24,25,26,27). The van der Waals surface area contributed by atoms with E-state index in [1.807, 2.05) is 43.3 Å². The van der Waals surface area contributed by atoms with Gasteiger partial charge in [0.1, 0.15) is 17.4 Å². The third-order valence-electron chi connectivity index (χ3n) is 4.04.